The summed E-state index contributed by atoms with van der Waals surface area (Å²) < 4.78 is 22.5. The molecule has 3 nitrogen and oxygen atoms in total. The lowest BCUT2D eigenvalue weighted by atomic mass is 9.90. The third-order valence-electron chi connectivity index (χ3n) is 2.83. The SMILES string of the molecule is CNC(C(C)C)C1CCS(=O)(=O)C1. The molecule has 1 fully saturated rings. The molecule has 13 heavy (non-hydrogen) atoms. The Balaban J connectivity index is 2.63. The molecule has 0 aliphatic carbocycles. The van der Waals surface area contributed by atoms with Crippen molar-refractivity contribution in [3.8, 4) is 0 Å². The van der Waals surface area contributed by atoms with Crippen LogP contribution >= 0.6 is 0 Å². The summed E-state index contributed by atoms with van der Waals surface area (Å²) in [5, 5.41) is 3.22. The Morgan fingerprint density at radius 3 is 2.31 bits per heavy atom. The summed E-state index contributed by atoms with van der Waals surface area (Å²) in [6.45, 7) is 4.26. The van der Waals surface area contributed by atoms with Gasteiger partial charge in [-0.1, -0.05) is 13.8 Å². The van der Waals surface area contributed by atoms with E-state index in [-0.39, 0.29) is 0 Å². The Kier molecular flexibility index (Phi) is 3.35. The molecule has 0 bridgehead atoms. The molecule has 2 unspecified atom stereocenters. The van der Waals surface area contributed by atoms with Gasteiger partial charge in [0.2, 0.25) is 0 Å². The first kappa shape index (κ1) is 11.0. The molecule has 1 aliphatic rings. The summed E-state index contributed by atoms with van der Waals surface area (Å²) in [4.78, 5) is 0. The van der Waals surface area contributed by atoms with Gasteiger partial charge in [0.05, 0.1) is 11.5 Å². The van der Waals surface area contributed by atoms with E-state index in [1.165, 1.54) is 0 Å². The molecule has 0 saturated carbocycles. The lowest BCUT2D eigenvalue weighted by Crippen LogP contribution is -2.38. The molecule has 78 valence electrons. The fraction of sp³-hybridized carbons (Fsp3) is 1.00. The zero-order valence-electron chi connectivity index (χ0n) is 8.58. The van der Waals surface area contributed by atoms with Crippen molar-refractivity contribution in [3.63, 3.8) is 0 Å². The minimum absolute atomic E-state index is 0.315. The Hall–Kier alpha value is -0.0900. The molecular formula is C9H19NO2S. The van der Waals surface area contributed by atoms with Crippen molar-refractivity contribution in [1.29, 1.82) is 0 Å². The van der Waals surface area contributed by atoms with Crippen molar-refractivity contribution in [2.75, 3.05) is 18.6 Å². The third kappa shape index (κ3) is 2.68. The highest BCUT2D eigenvalue weighted by Gasteiger charge is 2.34. The standard InChI is InChI=1S/C9H19NO2S/c1-7(2)9(10-3)8-4-5-13(11,12)6-8/h7-10H,4-6H2,1-3H3. The Labute approximate surface area is 80.8 Å². The van der Waals surface area contributed by atoms with Crippen LogP contribution < -0.4 is 5.32 Å². The second-order valence-corrected chi connectivity index (χ2v) is 6.45. The van der Waals surface area contributed by atoms with Crippen LogP contribution in [0.2, 0.25) is 0 Å². The lowest BCUT2D eigenvalue weighted by Gasteiger charge is -2.25. The molecular weight excluding hydrogens is 186 g/mol. The van der Waals surface area contributed by atoms with Gasteiger partial charge in [-0.05, 0) is 25.3 Å². The van der Waals surface area contributed by atoms with E-state index in [9.17, 15) is 8.42 Å². The molecule has 0 aromatic carbocycles. The van der Waals surface area contributed by atoms with Gasteiger partial charge in [0.1, 0.15) is 0 Å². The first-order valence-corrected chi connectivity index (χ1v) is 6.66. The van der Waals surface area contributed by atoms with Crippen molar-refractivity contribution in [2.45, 2.75) is 26.3 Å². The van der Waals surface area contributed by atoms with Crippen molar-refractivity contribution in [3.05, 3.63) is 0 Å². The van der Waals surface area contributed by atoms with Crippen LogP contribution in [0.15, 0.2) is 0 Å². The summed E-state index contributed by atoms with van der Waals surface area (Å²) >= 11 is 0. The number of hydrogen-bond donors (Lipinski definition) is 1. The fourth-order valence-electron chi connectivity index (χ4n) is 2.22. The van der Waals surface area contributed by atoms with E-state index in [4.69, 9.17) is 0 Å². The molecule has 2 atom stereocenters. The topological polar surface area (TPSA) is 46.2 Å². The van der Waals surface area contributed by atoms with E-state index >= 15 is 0 Å². The van der Waals surface area contributed by atoms with Crippen molar-refractivity contribution in [1.82, 2.24) is 5.32 Å². The zero-order chi connectivity index (χ0) is 10.1. The number of sulfone groups is 1. The molecule has 4 heteroatoms. The molecule has 1 rings (SSSR count). The largest absolute Gasteiger partial charge is 0.316 e. The maximum atomic E-state index is 11.3. The monoisotopic (exact) mass is 205 g/mol. The van der Waals surface area contributed by atoms with Crippen LogP contribution in [0.5, 0.6) is 0 Å². The van der Waals surface area contributed by atoms with Gasteiger partial charge in [-0.2, -0.15) is 0 Å². The van der Waals surface area contributed by atoms with Crippen molar-refractivity contribution in [2.24, 2.45) is 11.8 Å². The molecule has 1 aliphatic heterocycles. The van der Waals surface area contributed by atoms with Crippen LogP contribution in [-0.2, 0) is 9.84 Å². The predicted molar refractivity (Wildman–Crippen MR) is 54.4 cm³/mol. The summed E-state index contributed by atoms with van der Waals surface area (Å²) in [6.07, 6.45) is 0.825. The quantitative estimate of drug-likeness (QED) is 0.736. The van der Waals surface area contributed by atoms with Gasteiger partial charge in [0.25, 0.3) is 0 Å². The van der Waals surface area contributed by atoms with Crippen LogP contribution in [0.3, 0.4) is 0 Å². The number of nitrogens with one attached hydrogen (secondary N) is 1. The maximum Gasteiger partial charge on any atom is 0.150 e. The third-order valence-corrected chi connectivity index (χ3v) is 4.62. The van der Waals surface area contributed by atoms with E-state index in [0.29, 0.717) is 29.4 Å². The van der Waals surface area contributed by atoms with Gasteiger partial charge < -0.3 is 5.32 Å². The van der Waals surface area contributed by atoms with Crippen LogP contribution in [-0.4, -0.2) is 33.0 Å². The Bertz CT molecular complexity index is 259. The van der Waals surface area contributed by atoms with Gasteiger partial charge >= 0.3 is 0 Å². The maximum absolute atomic E-state index is 11.3. The summed E-state index contributed by atoms with van der Waals surface area (Å²) in [5.74, 6) is 1.57. The van der Waals surface area contributed by atoms with Gasteiger partial charge in [0.15, 0.2) is 9.84 Å². The normalized spacial score (nSPS) is 29.4. The minimum atomic E-state index is -2.72. The summed E-state index contributed by atoms with van der Waals surface area (Å²) in [5.41, 5.74) is 0. The predicted octanol–water partition coefficient (Wildman–Crippen LogP) is 0.665. The van der Waals surface area contributed by atoms with E-state index in [2.05, 4.69) is 19.2 Å². The van der Waals surface area contributed by atoms with Crippen LogP contribution in [0, 0.1) is 11.8 Å². The second kappa shape index (κ2) is 3.96. The molecule has 0 amide bonds. The van der Waals surface area contributed by atoms with Crippen molar-refractivity contribution < 1.29 is 8.42 Å². The van der Waals surface area contributed by atoms with Crippen molar-refractivity contribution >= 4 is 9.84 Å². The average molecular weight is 205 g/mol. The summed E-state index contributed by atoms with van der Waals surface area (Å²) in [6, 6.07) is 0.345. The van der Waals surface area contributed by atoms with E-state index in [0.717, 1.165) is 6.42 Å². The summed E-state index contributed by atoms with van der Waals surface area (Å²) in [7, 11) is -0.812. The Morgan fingerprint density at radius 1 is 1.38 bits per heavy atom. The average Bonchev–Trinajstić information content (AvgIpc) is 2.31. The molecule has 0 aromatic rings. The lowest BCUT2D eigenvalue weighted by molar-refractivity contribution is 0.320. The molecule has 1 N–H and O–H groups in total. The highest BCUT2D eigenvalue weighted by Crippen LogP contribution is 2.25. The molecule has 1 saturated heterocycles. The molecule has 0 radical (unpaired) electrons. The smallest absolute Gasteiger partial charge is 0.150 e. The first-order chi connectivity index (χ1) is 5.96. The molecule has 0 spiro atoms. The highest BCUT2D eigenvalue weighted by molar-refractivity contribution is 7.91. The fourth-order valence-corrected chi connectivity index (χ4v) is 4.08. The van der Waals surface area contributed by atoms with Gasteiger partial charge in [0, 0.05) is 6.04 Å². The zero-order valence-corrected chi connectivity index (χ0v) is 9.39. The van der Waals surface area contributed by atoms with Gasteiger partial charge in [-0.3, -0.25) is 0 Å². The highest BCUT2D eigenvalue weighted by atomic mass is 32.2. The van der Waals surface area contributed by atoms with E-state index in [1.54, 1.807) is 0 Å². The molecule has 0 aromatic heterocycles. The van der Waals surface area contributed by atoms with Crippen LogP contribution in [0.1, 0.15) is 20.3 Å². The Morgan fingerprint density at radius 2 is 2.00 bits per heavy atom. The second-order valence-electron chi connectivity index (χ2n) is 4.22. The van der Waals surface area contributed by atoms with E-state index < -0.39 is 9.84 Å². The van der Waals surface area contributed by atoms with Crippen LogP contribution in [0.25, 0.3) is 0 Å². The number of hydrogen-bond acceptors (Lipinski definition) is 3. The van der Waals surface area contributed by atoms with E-state index in [1.807, 2.05) is 7.05 Å². The minimum Gasteiger partial charge on any atom is -0.316 e. The first-order valence-electron chi connectivity index (χ1n) is 4.84. The van der Waals surface area contributed by atoms with Gasteiger partial charge in [-0.25, -0.2) is 8.42 Å². The van der Waals surface area contributed by atoms with Crippen LogP contribution in [0.4, 0.5) is 0 Å². The molecule has 1 heterocycles. The van der Waals surface area contributed by atoms with Gasteiger partial charge in [-0.15, -0.1) is 0 Å². The number of rotatable bonds is 3.